The van der Waals surface area contributed by atoms with Crippen molar-refractivity contribution in [2.75, 3.05) is 11.9 Å². The number of aryl methyl sites for hydroxylation is 1. The number of hydrogen-bond donors (Lipinski definition) is 3. The van der Waals surface area contributed by atoms with Crippen LogP contribution in [0.1, 0.15) is 45.6 Å². The number of nitrogens with one attached hydrogen (secondary N) is 3. The predicted molar refractivity (Wildman–Crippen MR) is 93.7 cm³/mol. The number of rotatable bonds is 4. The van der Waals surface area contributed by atoms with Gasteiger partial charge in [0.05, 0.1) is 16.1 Å². The molecular formula is C17H21N3O3S. The van der Waals surface area contributed by atoms with E-state index in [1.165, 1.54) is 17.6 Å². The van der Waals surface area contributed by atoms with Crippen LogP contribution in [-0.2, 0) is 0 Å². The predicted octanol–water partition coefficient (Wildman–Crippen LogP) is 2.77. The fourth-order valence-electron chi connectivity index (χ4n) is 2.83. The maximum Gasteiger partial charge on any atom is 0.291 e. The summed E-state index contributed by atoms with van der Waals surface area (Å²) in [4.78, 5) is 25.2. The lowest BCUT2D eigenvalue weighted by atomic mass is 10.00. The third kappa shape index (κ3) is 3.68. The Hall–Kier alpha value is -2.12. The molecule has 0 aromatic carbocycles. The molecule has 2 unspecified atom stereocenters. The zero-order valence-electron chi connectivity index (χ0n) is 13.7. The third-order valence-electron chi connectivity index (χ3n) is 4.18. The number of carbonyl (C=O) groups excluding carboxylic acids is 2. The molecule has 6 nitrogen and oxygen atoms in total. The van der Waals surface area contributed by atoms with Gasteiger partial charge in [-0.15, -0.1) is 11.3 Å². The van der Waals surface area contributed by atoms with E-state index >= 15 is 0 Å². The standard InChI is InChI=1S/C17H21N3O3S/c1-10-9-14(20-16(21)13-6-4-8-23-13)24-15(10)17(22)19-12-5-3-7-18-11(12)2/h4,6,8-9,11-12,18H,3,5,7H2,1-2H3,(H,19,22)(H,20,21). The first-order chi connectivity index (χ1) is 11.5. The van der Waals surface area contributed by atoms with Gasteiger partial charge in [0.25, 0.3) is 11.8 Å². The highest BCUT2D eigenvalue weighted by Gasteiger charge is 2.24. The molecular weight excluding hydrogens is 326 g/mol. The number of thiophene rings is 1. The molecule has 3 N–H and O–H groups in total. The number of anilines is 1. The lowest BCUT2D eigenvalue weighted by Gasteiger charge is -2.30. The average Bonchev–Trinajstić information content (AvgIpc) is 3.19. The van der Waals surface area contributed by atoms with E-state index in [9.17, 15) is 9.59 Å². The molecule has 0 aliphatic carbocycles. The van der Waals surface area contributed by atoms with Crippen molar-refractivity contribution in [3.63, 3.8) is 0 Å². The van der Waals surface area contributed by atoms with Crippen molar-refractivity contribution in [3.8, 4) is 0 Å². The Kier molecular flexibility index (Phi) is 5.01. The summed E-state index contributed by atoms with van der Waals surface area (Å²) in [6.45, 7) is 4.95. The molecule has 7 heteroatoms. The van der Waals surface area contributed by atoms with E-state index in [2.05, 4.69) is 22.9 Å². The van der Waals surface area contributed by atoms with E-state index in [0.717, 1.165) is 24.9 Å². The zero-order valence-corrected chi connectivity index (χ0v) is 14.5. The summed E-state index contributed by atoms with van der Waals surface area (Å²) in [6.07, 6.45) is 3.49. The summed E-state index contributed by atoms with van der Waals surface area (Å²) in [5.41, 5.74) is 0.851. The van der Waals surface area contributed by atoms with Crippen LogP contribution in [0.25, 0.3) is 0 Å². The summed E-state index contributed by atoms with van der Waals surface area (Å²) in [6, 6.07) is 5.46. The van der Waals surface area contributed by atoms with Crippen molar-refractivity contribution in [1.82, 2.24) is 10.6 Å². The minimum atomic E-state index is -0.321. The molecule has 1 aliphatic heterocycles. The van der Waals surface area contributed by atoms with Gasteiger partial charge in [-0.2, -0.15) is 0 Å². The van der Waals surface area contributed by atoms with Gasteiger partial charge in [0, 0.05) is 12.1 Å². The first kappa shape index (κ1) is 16.7. The van der Waals surface area contributed by atoms with Crippen LogP contribution < -0.4 is 16.0 Å². The maximum absolute atomic E-state index is 12.5. The molecule has 2 aromatic heterocycles. The summed E-state index contributed by atoms with van der Waals surface area (Å²) < 4.78 is 5.07. The largest absolute Gasteiger partial charge is 0.459 e. The molecule has 3 heterocycles. The highest BCUT2D eigenvalue weighted by Crippen LogP contribution is 2.27. The second kappa shape index (κ2) is 7.19. The molecule has 2 aromatic rings. The summed E-state index contributed by atoms with van der Waals surface area (Å²) in [5, 5.41) is 9.87. The Bertz CT molecular complexity index is 724. The van der Waals surface area contributed by atoms with Crippen molar-refractivity contribution < 1.29 is 14.0 Å². The fourth-order valence-corrected chi connectivity index (χ4v) is 3.80. The van der Waals surface area contributed by atoms with Gasteiger partial charge in [0.15, 0.2) is 5.76 Å². The van der Waals surface area contributed by atoms with Crippen molar-refractivity contribution in [2.45, 2.75) is 38.8 Å². The smallest absolute Gasteiger partial charge is 0.291 e. The normalized spacial score (nSPS) is 20.6. The highest BCUT2D eigenvalue weighted by molar-refractivity contribution is 7.18. The molecule has 0 saturated carbocycles. The second-order valence-corrected chi connectivity index (χ2v) is 7.07. The van der Waals surface area contributed by atoms with Crippen LogP contribution in [-0.4, -0.2) is 30.4 Å². The number of amides is 2. The van der Waals surface area contributed by atoms with Gasteiger partial charge < -0.3 is 20.4 Å². The first-order valence-electron chi connectivity index (χ1n) is 8.04. The summed E-state index contributed by atoms with van der Waals surface area (Å²) in [7, 11) is 0. The maximum atomic E-state index is 12.5. The molecule has 3 rings (SSSR count). The minimum absolute atomic E-state index is 0.0865. The van der Waals surface area contributed by atoms with Gasteiger partial charge in [-0.3, -0.25) is 9.59 Å². The Labute approximate surface area is 144 Å². The molecule has 0 radical (unpaired) electrons. The quantitative estimate of drug-likeness (QED) is 0.794. The Morgan fingerprint density at radius 3 is 2.92 bits per heavy atom. The molecule has 2 amide bonds. The van der Waals surface area contributed by atoms with E-state index in [4.69, 9.17) is 4.42 Å². The van der Waals surface area contributed by atoms with Crippen molar-refractivity contribution in [3.05, 3.63) is 40.7 Å². The third-order valence-corrected chi connectivity index (χ3v) is 5.34. The van der Waals surface area contributed by atoms with Crippen LogP contribution in [0.4, 0.5) is 5.00 Å². The van der Waals surface area contributed by atoms with Gasteiger partial charge in [0.1, 0.15) is 0 Å². The Morgan fingerprint density at radius 2 is 2.21 bits per heavy atom. The van der Waals surface area contributed by atoms with Gasteiger partial charge in [-0.25, -0.2) is 0 Å². The molecule has 1 aliphatic rings. The topological polar surface area (TPSA) is 83.4 Å². The SMILES string of the molecule is Cc1cc(NC(=O)c2ccco2)sc1C(=O)NC1CCCNC1C. The second-order valence-electron chi connectivity index (χ2n) is 6.02. The molecule has 1 fully saturated rings. The molecule has 128 valence electrons. The summed E-state index contributed by atoms with van der Waals surface area (Å²) >= 11 is 1.28. The molecule has 1 saturated heterocycles. The monoisotopic (exact) mass is 347 g/mol. The fraction of sp³-hybridized carbons (Fsp3) is 0.412. The van der Waals surface area contributed by atoms with Gasteiger partial charge in [-0.05, 0) is 57.0 Å². The van der Waals surface area contributed by atoms with Crippen LogP contribution in [0, 0.1) is 6.92 Å². The minimum Gasteiger partial charge on any atom is -0.459 e. The van der Waals surface area contributed by atoms with Crippen LogP contribution in [0.2, 0.25) is 0 Å². The number of piperidine rings is 1. The van der Waals surface area contributed by atoms with Gasteiger partial charge in [0.2, 0.25) is 0 Å². The van der Waals surface area contributed by atoms with Crippen LogP contribution in [0.3, 0.4) is 0 Å². The molecule has 24 heavy (non-hydrogen) atoms. The lowest BCUT2D eigenvalue weighted by molar-refractivity contribution is 0.0922. The van der Waals surface area contributed by atoms with E-state index in [1.54, 1.807) is 12.1 Å². The Balaban J connectivity index is 1.67. The van der Waals surface area contributed by atoms with E-state index in [0.29, 0.717) is 9.88 Å². The van der Waals surface area contributed by atoms with E-state index in [1.807, 2.05) is 13.0 Å². The lowest BCUT2D eigenvalue weighted by Crippen LogP contribution is -2.51. The van der Waals surface area contributed by atoms with E-state index in [-0.39, 0.29) is 29.7 Å². The molecule has 0 spiro atoms. The number of hydrogen-bond acceptors (Lipinski definition) is 5. The summed E-state index contributed by atoms with van der Waals surface area (Å²) in [5.74, 6) is -0.163. The van der Waals surface area contributed by atoms with Crippen molar-refractivity contribution in [2.24, 2.45) is 0 Å². The van der Waals surface area contributed by atoms with Gasteiger partial charge in [-0.1, -0.05) is 0 Å². The first-order valence-corrected chi connectivity index (χ1v) is 8.86. The zero-order chi connectivity index (χ0) is 17.1. The Morgan fingerprint density at radius 1 is 1.38 bits per heavy atom. The van der Waals surface area contributed by atoms with Crippen molar-refractivity contribution >= 4 is 28.2 Å². The number of furan rings is 1. The van der Waals surface area contributed by atoms with E-state index < -0.39 is 0 Å². The highest BCUT2D eigenvalue weighted by atomic mass is 32.1. The molecule has 0 bridgehead atoms. The van der Waals surface area contributed by atoms with Crippen molar-refractivity contribution in [1.29, 1.82) is 0 Å². The van der Waals surface area contributed by atoms with Gasteiger partial charge >= 0.3 is 0 Å². The van der Waals surface area contributed by atoms with Crippen LogP contribution in [0.15, 0.2) is 28.9 Å². The molecule has 2 atom stereocenters. The average molecular weight is 347 g/mol. The van der Waals surface area contributed by atoms with Crippen LogP contribution in [0.5, 0.6) is 0 Å². The number of carbonyl (C=O) groups is 2. The van der Waals surface area contributed by atoms with Crippen LogP contribution >= 0.6 is 11.3 Å².